The van der Waals surface area contributed by atoms with Gasteiger partial charge in [0.25, 0.3) is 0 Å². The van der Waals surface area contributed by atoms with E-state index >= 15 is 0 Å². The number of fused-ring (bicyclic) bond motifs is 18. The maximum absolute atomic E-state index is 11.5. The molecule has 6 fully saturated rings. The number of ether oxygens (including phenoxy) is 7. The number of phenols is 6. The maximum Gasteiger partial charge on any atom is 0.133 e. The van der Waals surface area contributed by atoms with Crippen LogP contribution >= 0.6 is 0 Å². The maximum atomic E-state index is 11.5. The van der Waals surface area contributed by atoms with E-state index < -0.39 is 0 Å². The van der Waals surface area contributed by atoms with Crippen molar-refractivity contribution in [1.29, 1.82) is 0 Å². The molecule has 14 rings (SSSR count). The van der Waals surface area contributed by atoms with Crippen molar-refractivity contribution < 1.29 is 63.8 Å². The lowest BCUT2D eigenvalue weighted by Gasteiger charge is -2.26. The summed E-state index contributed by atoms with van der Waals surface area (Å²) in [5, 5.41) is 68.9. The molecule has 12 bridgehead atoms. The summed E-state index contributed by atoms with van der Waals surface area (Å²) in [4.78, 5) is 59.6. The number of nitrogens with zero attached hydrogens (tertiary/aromatic N) is 12. The molecule has 0 unspecified atom stereocenters. The Morgan fingerprint density at radius 3 is 0.378 bits per heavy atom. The topological polar surface area (TPSA) is 334 Å². The molecular weight excluding hydrogens is 1510 g/mol. The number of rotatable bonds is 8. The molecule has 6 aliphatic carbocycles. The van der Waals surface area contributed by atoms with Crippen molar-refractivity contribution in [2.75, 3.05) is 55.9 Å². The molecule has 6 aromatic carbocycles. The summed E-state index contributed by atoms with van der Waals surface area (Å²) in [5.74, 6) is 3.88. The Morgan fingerprint density at radius 2 is 0.303 bits per heavy atom. The zero-order chi connectivity index (χ0) is 83.6. The van der Waals surface area contributed by atoms with Crippen molar-refractivity contribution in [2.45, 2.75) is 240 Å². The monoisotopic (exact) mass is 1620 g/mol. The van der Waals surface area contributed by atoms with Crippen LogP contribution in [0.4, 0.5) is 0 Å². The molecule has 0 amide bonds. The first-order valence-corrected chi connectivity index (χ1v) is 42.5. The summed E-state index contributed by atoms with van der Waals surface area (Å²) in [6.07, 6.45) is 43.0. The smallest absolute Gasteiger partial charge is 0.133 e. The van der Waals surface area contributed by atoms with Gasteiger partial charge in [0, 0.05) is 155 Å². The van der Waals surface area contributed by atoms with Crippen molar-refractivity contribution in [3.63, 3.8) is 0 Å². The van der Waals surface area contributed by atoms with Crippen LogP contribution < -0.4 is 28.4 Å². The summed E-state index contributed by atoms with van der Waals surface area (Å²) in [6.45, 7) is 5.67. The van der Waals surface area contributed by atoms with Crippen LogP contribution in [-0.4, -0.2) is 234 Å². The molecule has 0 radical (unpaired) electrons. The van der Waals surface area contributed by atoms with Crippen LogP contribution in [0.2, 0.25) is 0 Å². The Morgan fingerprint density at radius 1 is 0.202 bits per heavy atom. The van der Waals surface area contributed by atoms with Gasteiger partial charge in [-0.15, -0.1) is 0 Å². The second-order valence-corrected chi connectivity index (χ2v) is 31.6. The molecule has 8 aliphatic rings. The van der Waals surface area contributed by atoms with E-state index in [0.717, 1.165) is 167 Å². The van der Waals surface area contributed by atoms with E-state index in [9.17, 15) is 30.6 Å². The van der Waals surface area contributed by atoms with E-state index in [4.69, 9.17) is 93.1 Å². The third-order valence-corrected chi connectivity index (χ3v) is 23.7. The first-order chi connectivity index (χ1) is 58.1. The first-order valence-electron chi connectivity index (χ1n) is 42.5. The Balaban J connectivity index is 0.000000207. The highest BCUT2D eigenvalue weighted by Gasteiger charge is 2.31. The summed E-state index contributed by atoms with van der Waals surface area (Å²) < 4.78 is 38.6. The summed E-state index contributed by atoms with van der Waals surface area (Å²) in [5.41, 5.74) is 6.36. The quantitative estimate of drug-likeness (QED) is 0.0826. The second-order valence-electron chi connectivity index (χ2n) is 31.6. The lowest BCUT2D eigenvalue weighted by molar-refractivity contribution is 0.162. The molecule has 2 aliphatic heterocycles. The predicted molar refractivity (Wildman–Crippen MR) is 478 cm³/mol. The van der Waals surface area contributed by atoms with Crippen LogP contribution in [0, 0.1) is 0 Å². The van der Waals surface area contributed by atoms with Crippen molar-refractivity contribution in [1.82, 2.24) is 0 Å². The van der Waals surface area contributed by atoms with Gasteiger partial charge in [0.2, 0.25) is 0 Å². The Bertz CT molecular complexity index is 3780. The fourth-order valence-electron chi connectivity index (χ4n) is 16.8. The fraction of sp³-hybridized carbons (Fsp3) is 0.489. The highest BCUT2D eigenvalue weighted by molar-refractivity contribution is 5.98. The van der Waals surface area contributed by atoms with Crippen LogP contribution in [-0.2, 0) is 4.74 Å². The fourth-order valence-corrected chi connectivity index (χ4v) is 16.8. The SMILES string of the molecule is CCOCC.COc1cc2c(O)c(c1)C=N[C@@H]1CCCC[C@H]1N=Cc1cc(OC)cc(c1O)C=N[C@@H]1CCCC[C@H]1N=Cc1cc(OC)cc(c1O)C=N[C@@H]1CCCC[C@H]1N=C2.COc1cc2c(O)c(c1)C=N[C@@H]1CCCC[C@H]1N=Cc1cc(OC)cc(c1O)C=N[C@@H]1CCCC[C@H]1N=Cc1cc(OC)cc(c1O)C=N[C@@H]1CCCC[C@H]1N=C2. The number of hydrogen-bond acceptors (Lipinski definition) is 25. The average Bonchev–Trinajstić information content (AvgIpc) is 1.10. The predicted octanol–water partition coefficient (Wildman–Crippen LogP) is 16.4. The van der Waals surface area contributed by atoms with Crippen LogP contribution in [0.1, 0.15) is 235 Å². The number of hydrogen-bond donors (Lipinski definition) is 6. The number of phenolic OH excluding ortho intramolecular Hbond substituents is 6. The zero-order valence-electron chi connectivity index (χ0n) is 70.1. The standard InChI is InChI=1S/2C45H54N6O6.C4H10O/c2*1-55-34-16-28-22-46-37-10-4-6-12-39(37)48-24-30-18-35(56-2)20-32(44(30)53)26-50-41-14-8-9-15-42(41)51-27-33-21-36(57-3)19-31(45(33)54)25-49-40-13-7-5-11-38(40)47-23-29(17-34)43(28)52;1-3-5-4-2/h2*16-27,37-42,52-54H,4-15H2,1-3H3;3-4H2,1-2H3/t2*37-,38-,39-,40-,41-,42-;/m11./s1. The Labute approximate surface area is 699 Å². The van der Waals surface area contributed by atoms with Gasteiger partial charge in [-0.1, -0.05) is 77.0 Å². The molecule has 0 aromatic heterocycles. The number of methoxy groups -OCH3 is 6. The largest absolute Gasteiger partial charge is 0.507 e. The molecule has 6 saturated carbocycles. The van der Waals surface area contributed by atoms with E-state index in [-0.39, 0.29) is 107 Å². The molecule has 632 valence electrons. The van der Waals surface area contributed by atoms with E-state index in [1.807, 2.05) is 13.8 Å². The molecule has 0 saturated heterocycles. The molecule has 2 heterocycles. The van der Waals surface area contributed by atoms with Crippen LogP contribution in [0.3, 0.4) is 0 Å². The third-order valence-electron chi connectivity index (χ3n) is 23.7. The Kier molecular flexibility index (Phi) is 31.9. The number of benzene rings is 6. The summed E-state index contributed by atoms with van der Waals surface area (Å²) in [7, 11) is 9.58. The lowest BCUT2D eigenvalue weighted by atomic mass is 9.91. The van der Waals surface area contributed by atoms with Crippen molar-refractivity contribution >= 4 is 74.6 Å². The van der Waals surface area contributed by atoms with Gasteiger partial charge in [-0.3, -0.25) is 59.9 Å². The van der Waals surface area contributed by atoms with Crippen LogP contribution in [0.15, 0.2) is 133 Å². The normalized spacial score (nSPS) is 24.4. The van der Waals surface area contributed by atoms with Gasteiger partial charge in [0.05, 0.1) is 115 Å². The highest BCUT2D eigenvalue weighted by atomic mass is 16.5. The van der Waals surface area contributed by atoms with Gasteiger partial charge in [0.1, 0.15) is 69.0 Å². The summed E-state index contributed by atoms with van der Waals surface area (Å²) >= 11 is 0. The molecule has 119 heavy (non-hydrogen) atoms. The number of aliphatic imine (C=N–C) groups is 12. The second kappa shape index (κ2) is 43.6. The minimum absolute atomic E-state index is 0.0678. The molecule has 6 N–H and O–H groups in total. The van der Waals surface area contributed by atoms with Crippen molar-refractivity contribution in [3.05, 3.63) is 140 Å². The van der Waals surface area contributed by atoms with Crippen LogP contribution in [0.25, 0.3) is 0 Å². The Hall–Kier alpha value is -11.1. The van der Waals surface area contributed by atoms with E-state index in [2.05, 4.69) is 0 Å². The lowest BCUT2D eigenvalue weighted by Crippen LogP contribution is -2.27. The van der Waals surface area contributed by atoms with E-state index in [1.54, 1.807) is 190 Å². The first kappa shape index (κ1) is 87.2. The van der Waals surface area contributed by atoms with E-state index in [1.165, 1.54) is 0 Å². The van der Waals surface area contributed by atoms with E-state index in [0.29, 0.717) is 101 Å². The summed E-state index contributed by atoms with van der Waals surface area (Å²) in [6, 6.07) is 19.9. The van der Waals surface area contributed by atoms with Gasteiger partial charge >= 0.3 is 0 Å². The van der Waals surface area contributed by atoms with Gasteiger partial charge in [-0.2, -0.15) is 0 Å². The van der Waals surface area contributed by atoms with Gasteiger partial charge in [-0.25, -0.2) is 0 Å². The molecular formula is C94H118N12O13. The molecule has 0 spiro atoms. The third kappa shape index (κ3) is 23.3. The minimum Gasteiger partial charge on any atom is -0.507 e. The van der Waals surface area contributed by atoms with Crippen LogP contribution in [0.5, 0.6) is 69.0 Å². The molecule has 12 atom stereocenters. The van der Waals surface area contributed by atoms with Gasteiger partial charge in [0.15, 0.2) is 0 Å². The van der Waals surface area contributed by atoms with Crippen molar-refractivity contribution in [3.8, 4) is 69.0 Å². The molecule has 25 nitrogen and oxygen atoms in total. The molecule has 25 heteroatoms. The van der Waals surface area contributed by atoms with Gasteiger partial charge in [-0.05, 0) is 164 Å². The van der Waals surface area contributed by atoms with Gasteiger partial charge < -0.3 is 63.8 Å². The minimum atomic E-state index is -0.113. The average molecular weight is 1620 g/mol. The molecule has 6 aromatic rings. The highest BCUT2D eigenvalue weighted by Crippen LogP contribution is 2.38. The number of aromatic hydroxyl groups is 6. The van der Waals surface area contributed by atoms with Crippen molar-refractivity contribution in [2.24, 2.45) is 59.9 Å². The zero-order valence-corrected chi connectivity index (χ0v) is 70.1.